The summed E-state index contributed by atoms with van der Waals surface area (Å²) in [6.07, 6.45) is 1.58. The molecule has 0 saturated carbocycles. The highest BCUT2D eigenvalue weighted by Gasteiger charge is 2.10. The first-order valence-corrected chi connectivity index (χ1v) is 6.58. The molecule has 2 rings (SSSR count). The lowest BCUT2D eigenvalue weighted by Gasteiger charge is -2.12. The van der Waals surface area contributed by atoms with Gasteiger partial charge in [0.15, 0.2) is 0 Å². The minimum absolute atomic E-state index is 0.0664. The standard InChI is InChI=1S/C15H17N3O3/c1-11(13-8-5-9-21-13)16-10-14(19)17-18-15(20)12-6-3-2-4-7-12/h2-9,11,16H,10H2,1H3,(H,17,19)(H,18,20)/t11-/m1/s1. The fourth-order valence-electron chi connectivity index (χ4n) is 1.72. The number of furan rings is 1. The number of nitrogens with one attached hydrogen (secondary N) is 3. The Morgan fingerprint density at radius 2 is 1.86 bits per heavy atom. The molecule has 0 bridgehead atoms. The van der Waals surface area contributed by atoms with Crippen molar-refractivity contribution in [1.29, 1.82) is 0 Å². The molecule has 2 amide bonds. The molecule has 0 aliphatic rings. The number of amides is 2. The second-order valence-electron chi connectivity index (χ2n) is 4.49. The van der Waals surface area contributed by atoms with Gasteiger partial charge in [0.2, 0.25) is 0 Å². The fourth-order valence-corrected chi connectivity index (χ4v) is 1.72. The van der Waals surface area contributed by atoms with Crippen molar-refractivity contribution in [3.63, 3.8) is 0 Å². The summed E-state index contributed by atoms with van der Waals surface area (Å²) in [4.78, 5) is 23.3. The second-order valence-corrected chi connectivity index (χ2v) is 4.49. The maximum Gasteiger partial charge on any atom is 0.269 e. The number of hydrazine groups is 1. The van der Waals surface area contributed by atoms with Crippen molar-refractivity contribution in [2.45, 2.75) is 13.0 Å². The SMILES string of the molecule is C[C@@H](NCC(=O)NNC(=O)c1ccccc1)c1ccco1. The quantitative estimate of drug-likeness (QED) is 0.726. The molecule has 0 radical (unpaired) electrons. The van der Waals surface area contributed by atoms with Gasteiger partial charge in [-0.2, -0.15) is 0 Å². The maximum atomic E-state index is 11.7. The lowest BCUT2D eigenvalue weighted by Crippen LogP contribution is -2.45. The molecule has 0 unspecified atom stereocenters. The first kappa shape index (κ1) is 14.8. The molecule has 110 valence electrons. The van der Waals surface area contributed by atoms with E-state index in [1.54, 1.807) is 36.6 Å². The molecule has 1 aromatic carbocycles. The molecule has 1 heterocycles. The average Bonchev–Trinajstić information content (AvgIpc) is 3.05. The Balaban J connectivity index is 1.71. The average molecular weight is 287 g/mol. The summed E-state index contributed by atoms with van der Waals surface area (Å²) < 4.78 is 5.22. The number of hydrogen-bond donors (Lipinski definition) is 3. The lowest BCUT2D eigenvalue weighted by molar-refractivity contribution is -0.121. The van der Waals surface area contributed by atoms with E-state index in [4.69, 9.17) is 4.42 Å². The van der Waals surface area contributed by atoms with E-state index in [2.05, 4.69) is 16.2 Å². The highest BCUT2D eigenvalue weighted by Crippen LogP contribution is 2.11. The molecule has 0 aliphatic carbocycles. The van der Waals surface area contributed by atoms with Crippen molar-refractivity contribution in [3.8, 4) is 0 Å². The van der Waals surface area contributed by atoms with Crippen LogP contribution in [0.3, 0.4) is 0 Å². The largest absolute Gasteiger partial charge is 0.468 e. The van der Waals surface area contributed by atoms with Gasteiger partial charge in [-0.05, 0) is 31.2 Å². The van der Waals surface area contributed by atoms with Crippen molar-refractivity contribution >= 4 is 11.8 Å². The van der Waals surface area contributed by atoms with Crippen molar-refractivity contribution in [3.05, 3.63) is 60.1 Å². The van der Waals surface area contributed by atoms with Crippen molar-refractivity contribution in [1.82, 2.24) is 16.2 Å². The zero-order valence-electron chi connectivity index (χ0n) is 11.6. The van der Waals surface area contributed by atoms with Crippen LogP contribution in [0.4, 0.5) is 0 Å². The fraction of sp³-hybridized carbons (Fsp3) is 0.200. The van der Waals surface area contributed by atoms with Gasteiger partial charge in [-0.15, -0.1) is 0 Å². The topological polar surface area (TPSA) is 83.4 Å². The Morgan fingerprint density at radius 1 is 1.10 bits per heavy atom. The van der Waals surface area contributed by atoms with Crippen molar-refractivity contribution < 1.29 is 14.0 Å². The first-order valence-electron chi connectivity index (χ1n) is 6.58. The summed E-state index contributed by atoms with van der Waals surface area (Å²) in [6, 6.07) is 12.2. The van der Waals surface area contributed by atoms with Crippen LogP contribution in [0.5, 0.6) is 0 Å². The normalized spacial score (nSPS) is 11.7. The Labute approximate surface area is 122 Å². The van der Waals surface area contributed by atoms with E-state index >= 15 is 0 Å². The summed E-state index contributed by atoms with van der Waals surface area (Å²) in [5.41, 5.74) is 5.19. The number of benzene rings is 1. The van der Waals surface area contributed by atoms with E-state index in [-0.39, 0.29) is 24.4 Å². The summed E-state index contributed by atoms with van der Waals surface area (Å²) in [6.45, 7) is 1.95. The molecular formula is C15H17N3O3. The van der Waals surface area contributed by atoms with Crippen LogP contribution in [0, 0.1) is 0 Å². The van der Waals surface area contributed by atoms with Gasteiger partial charge < -0.3 is 4.42 Å². The van der Waals surface area contributed by atoms with Gasteiger partial charge in [-0.3, -0.25) is 25.8 Å². The minimum atomic E-state index is -0.358. The van der Waals surface area contributed by atoms with Crippen LogP contribution in [0.2, 0.25) is 0 Å². The van der Waals surface area contributed by atoms with E-state index in [1.165, 1.54) is 0 Å². The van der Waals surface area contributed by atoms with Gasteiger partial charge in [0.05, 0.1) is 18.8 Å². The van der Waals surface area contributed by atoms with Crippen molar-refractivity contribution in [2.75, 3.05) is 6.54 Å². The van der Waals surface area contributed by atoms with Crippen LogP contribution in [0.25, 0.3) is 0 Å². The van der Waals surface area contributed by atoms with Crippen LogP contribution >= 0.6 is 0 Å². The first-order chi connectivity index (χ1) is 10.2. The molecule has 3 N–H and O–H groups in total. The Morgan fingerprint density at radius 3 is 2.52 bits per heavy atom. The van der Waals surface area contributed by atoms with Gasteiger partial charge in [0, 0.05) is 5.56 Å². The van der Waals surface area contributed by atoms with Crippen molar-refractivity contribution in [2.24, 2.45) is 0 Å². The van der Waals surface area contributed by atoms with Gasteiger partial charge in [0.1, 0.15) is 5.76 Å². The number of carbonyl (C=O) groups is 2. The molecule has 1 aromatic heterocycles. The monoisotopic (exact) mass is 287 g/mol. The Bertz CT molecular complexity index is 581. The van der Waals surface area contributed by atoms with Gasteiger partial charge in [-0.25, -0.2) is 0 Å². The van der Waals surface area contributed by atoms with Crippen LogP contribution < -0.4 is 16.2 Å². The molecular weight excluding hydrogens is 270 g/mol. The van der Waals surface area contributed by atoms with Gasteiger partial charge >= 0.3 is 0 Å². The third-order valence-corrected chi connectivity index (χ3v) is 2.89. The van der Waals surface area contributed by atoms with Crippen LogP contribution in [-0.4, -0.2) is 18.4 Å². The molecule has 2 aromatic rings. The third-order valence-electron chi connectivity index (χ3n) is 2.89. The van der Waals surface area contributed by atoms with E-state index in [9.17, 15) is 9.59 Å². The van der Waals surface area contributed by atoms with E-state index < -0.39 is 0 Å². The molecule has 21 heavy (non-hydrogen) atoms. The van der Waals surface area contributed by atoms with E-state index in [0.29, 0.717) is 5.56 Å². The smallest absolute Gasteiger partial charge is 0.269 e. The molecule has 0 spiro atoms. The molecule has 0 saturated heterocycles. The Kier molecular flexibility index (Phi) is 5.11. The molecule has 0 aliphatic heterocycles. The molecule has 6 heteroatoms. The van der Waals surface area contributed by atoms with E-state index in [0.717, 1.165) is 5.76 Å². The summed E-state index contributed by atoms with van der Waals surface area (Å²) in [5, 5.41) is 2.99. The summed E-state index contributed by atoms with van der Waals surface area (Å²) >= 11 is 0. The van der Waals surface area contributed by atoms with E-state index in [1.807, 2.05) is 19.1 Å². The van der Waals surface area contributed by atoms with Crippen LogP contribution in [0.1, 0.15) is 29.1 Å². The molecule has 0 fully saturated rings. The maximum absolute atomic E-state index is 11.7. The second kappa shape index (κ2) is 7.25. The van der Waals surface area contributed by atoms with Crippen LogP contribution in [-0.2, 0) is 4.79 Å². The predicted octanol–water partition coefficient (Wildman–Crippen LogP) is 1.39. The minimum Gasteiger partial charge on any atom is -0.468 e. The number of rotatable bonds is 5. The summed E-state index contributed by atoms with van der Waals surface area (Å²) in [5.74, 6) is 0.0526. The van der Waals surface area contributed by atoms with Gasteiger partial charge in [-0.1, -0.05) is 18.2 Å². The highest BCUT2D eigenvalue weighted by molar-refractivity contribution is 5.95. The molecule has 6 nitrogen and oxygen atoms in total. The van der Waals surface area contributed by atoms with Crippen LogP contribution in [0.15, 0.2) is 53.1 Å². The Hall–Kier alpha value is -2.60. The number of hydrogen-bond acceptors (Lipinski definition) is 4. The van der Waals surface area contributed by atoms with Gasteiger partial charge in [0.25, 0.3) is 11.8 Å². The lowest BCUT2D eigenvalue weighted by atomic mass is 10.2. The molecule has 1 atom stereocenters. The zero-order chi connectivity index (χ0) is 15.1. The third kappa shape index (κ3) is 4.47. The predicted molar refractivity (Wildman–Crippen MR) is 77.2 cm³/mol. The number of carbonyl (C=O) groups excluding carboxylic acids is 2. The summed E-state index contributed by atoms with van der Waals surface area (Å²) in [7, 11) is 0. The highest BCUT2D eigenvalue weighted by atomic mass is 16.3. The zero-order valence-corrected chi connectivity index (χ0v) is 11.6.